The van der Waals surface area contributed by atoms with E-state index in [1.807, 2.05) is 0 Å². The van der Waals surface area contributed by atoms with Gasteiger partial charge >= 0.3 is 12.1 Å². The first kappa shape index (κ1) is 19.2. The van der Waals surface area contributed by atoms with Gasteiger partial charge in [-0.15, -0.1) is 0 Å². The van der Waals surface area contributed by atoms with Crippen LogP contribution in [0.25, 0.3) is 0 Å². The number of anilines is 1. The van der Waals surface area contributed by atoms with Crippen molar-refractivity contribution in [2.24, 2.45) is 4.99 Å². The lowest BCUT2D eigenvalue weighted by Crippen LogP contribution is -2.12. The Labute approximate surface area is 136 Å². The molecule has 0 aliphatic carbocycles. The number of pyridine rings is 1. The van der Waals surface area contributed by atoms with Crippen molar-refractivity contribution in [3.63, 3.8) is 0 Å². The maximum Gasteiger partial charge on any atom is 0.417 e. The molecule has 1 heterocycles. The SMILES string of the molecule is CCOC(=O)CC(C)=NCCNc1ncc(C(F)(F)F)cc1Cl. The van der Waals surface area contributed by atoms with Gasteiger partial charge in [0.25, 0.3) is 0 Å². The smallest absolute Gasteiger partial charge is 0.417 e. The summed E-state index contributed by atoms with van der Waals surface area (Å²) in [5.74, 6) is -0.202. The summed E-state index contributed by atoms with van der Waals surface area (Å²) in [4.78, 5) is 19.0. The van der Waals surface area contributed by atoms with Crippen molar-refractivity contribution in [3.8, 4) is 0 Å². The molecule has 0 aliphatic rings. The minimum absolute atomic E-state index is 0.104. The molecule has 1 N–H and O–H groups in total. The van der Waals surface area contributed by atoms with Gasteiger partial charge in [-0.25, -0.2) is 4.98 Å². The second-order valence-electron chi connectivity index (χ2n) is 4.58. The number of carbonyl (C=O) groups is 1. The Morgan fingerprint density at radius 3 is 2.74 bits per heavy atom. The molecule has 23 heavy (non-hydrogen) atoms. The summed E-state index contributed by atoms with van der Waals surface area (Å²) in [7, 11) is 0. The highest BCUT2D eigenvalue weighted by Gasteiger charge is 2.31. The molecule has 0 radical (unpaired) electrons. The number of rotatable bonds is 7. The average molecular weight is 352 g/mol. The fourth-order valence-corrected chi connectivity index (χ4v) is 1.85. The third kappa shape index (κ3) is 6.85. The number of aliphatic imine (C=N–C) groups is 1. The molecule has 0 bridgehead atoms. The normalized spacial score (nSPS) is 12.2. The van der Waals surface area contributed by atoms with Gasteiger partial charge in [0, 0.05) is 18.5 Å². The second kappa shape index (κ2) is 8.71. The maximum atomic E-state index is 12.5. The van der Waals surface area contributed by atoms with E-state index in [0.717, 1.165) is 6.07 Å². The van der Waals surface area contributed by atoms with Crippen LogP contribution >= 0.6 is 11.6 Å². The molecule has 5 nitrogen and oxygen atoms in total. The summed E-state index contributed by atoms with van der Waals surface area (Å²) < 4.78 is 42.2. The number of nitrogens with one attached hydrogen (secondary N) is 1. The van der Waals surface area contributed by atoms with Crippen molar-refractivity contribution in [2.45, 2.75) is 26.4 Å². The molecule has 0 amide bonds. The zero-order chi connectivity index (χ0) is 17.5. The van der Waals surface area contributed by atoms with Gasteiger partial charge in [0.15, 0.2) is 0 Å². The highest BCUT2D eigenvalue weighted by atomic mass is 35.5. The highest BCUT2D eigenvalue weighted by Crippen LogP contribution is 2.32. The average Bonchev–Trinajstić information content (AvgIpc) is 2.44. The van der Waals surface area contributed by atoms with Crippen LogP contribution in [0, 0.1) is 0 Å². The molecule has 0 aliphatic heterocycles. The Kier molecular flexibility index (Phi) is 7.28. The quantitative estimate of drug-likeness (QED) is 0.463. The fraction of sp³-hybridized carbons (Fsp3) is 0.500. The van der Waals surface area contributed by atoms with E-state index in [9.17, 15) is 18.0 Å². The van der Waals surface area contributed by atoms with Gasteiger partial charge in [0.2, 0.25) is 0 Å². The highest BCUT2D eigenvalue weighted by molar-refractivity contribution is 6.32. The molecular weight excluding hydrogens is 335 g/mol. The number of esters is 1. The van der Waals surface area contributed by atoms with Crippen molar-refractivity contribution >= 4 is 29.1 Å². The topological polar surface area (TPSA) is 63.6 Å². The monoisotopic (exact) mass is 351 g/mol. The van der Waals surface area contributed by atoms with E-state index in [-0.39, 0.29) is 23.2 Å². The molecule has 0 aromatic carbocycles. The van der Waals surface area contributed by atoms with Gasteiger partial charge in [0.1, 0.15) is 5.82 Å². The Balaban J connectivity index is 2.49. The summed E-state index contributed by atoms with van der Waals surface area (Å²) in [5, 5.41) is 2.67. The summed E-state index contributed by atoms with van der Waals surface area (Å²) >= 11 is 5.76. The number of hydrogen-bond donors (Lipinski definition) is 1. The molecule has 128 valence electrons. The molecule has 1 rings (SSSR count). The van der Waals surface area contributed by atoms with E-state index < -0.39 is 11.7 Å². The van der Waals surface area contributed by atoms with Crippen molar-refractivity contribution in [1.82, 2.24) is 4.98 Å². The van der Waals surface area contributed by atoms with Gasteiger partial charge < -0.3 is 10.1 Å². The van der Waals surface area contributed by atoms with Crippen molar-refractivity contribution in [1.29, 1.82) is 0 Å². The Hall–Kier alpha value is -1.83. The van der Waals surface area contributed by atoms with Gasteiger partial charge in [-0.2, -0.15) is 13.2 Å². The van der Waals surface area contributed by atoms with E-state index in [4.69, 9.17) is 16.3 Å². The molecule has 1 aromatic heterocycles. The van der Waals surface area contributed by atoms with E-state index in [2.05, 4.69) is 15.3 Å². The third-order valence-electron chi connectivity index (χ3n) is 2.66. The summed E-state index contributed by atoms with van der Waals surface area (Å²) in [6, 6.07) is 0.812. The van der Waals surface area contributed by atoms with Crippen LogP contribution in [0.15, 0.2) is 17.3 Å². The van der Waals surface area contributed by atoms with Crippen molar-refractivity contribution in [3.05, 3.63) is 22.8 Å². The van der Waals surface area contributed by atoms with Crippen LogP contribution in [-0.4, -0.2) is 36.4 Å². The first-order valence-electron chi connectivity index (χ1n) is 6.86. The summed E-state index contributed by atoms with van der Waals surface area (Å²) in [5.41, 5.74) is -0.298. The molecule has 0 saturated heterocycles. The lowest BCUT2D eigenvalue weighted by atomic mass is 10.3. The largest absolute Gasteiger partial charge is 0.466 e. The zero-order valence-corrected chi connectivity index (χ0v) is 13.5. The molecule has 0 saturated carbocycles. The first-order chi connectivity index (χ1) is 10.7. The van der Waals surface area contributed by atoms with Crippen LogP contribution in [0.1, 0.15) is 25.8 Å². The Morgan fingerprint density at radius 1 is 1.48 bits per heavy atom. The van der Waals surface area contributed by atoms with Crippen LogP contribution in [0.5, 0.6) is 0 Å². The van der Waals surface area contributed by atoms with Crippen LogP contribution < -0.4 is 5.32 Å². The van der Waals surface area contributed by atoms with Crippen LogP contribution in [0.2, 0.25) is 5.02 Å². The number of alkyl halides is 3. The molecular formula is C14H17ClF3N3O2. The lowest BCUT2D eigenvalue weighted by molar-refractivity contribution is -0.141. The number of carbonyl (C=O) groups excluding carboxylic acids is 1. The van der Waals surface area contributed by atoms with Crippen LogP contribution in [0.4, 0.5) is 19.0 Å². The van der Waals surface area contributed by atoms with Gasteiger partial charge in [-0.3, -0.25) is 9.79 Å². The van der Waals surface area contributed by atoms with Gasteiger partial charge in [-0.05, 0) is 19.9 Å². The van der Waals surface area contributed by atoms with E-state index in [1.54, 1.807) is 13.8 Å². The number of nitrogens with zero attached hydrogens (tertiary/aromatic N) is 2. The minimum atomic E-state index is -4.48. The molecule has 0 spiro atoms. The minimum Gasteiger partial charge on any atom is -0.466 e. The summed E-state index contributed by atoms with van der Waals surface area (Å²) in [6.07, 6.45) is -3.67. The molecule has 0 fully saturated rings. The predicted molar refractivity (Wildman–Crippen MR) is 82.0 cm³/mol. The van der Waals surface area contributed by atoms with Gasteiger partial charge in [-0.1, -0.05) is 11.6 Å². The molecule has 0 unspecified atom stereocenters. The number of hydrogen-bond acceptors (Lipinski definition) is 5. The third-order valence-corrected chi connectivity index (χ3v) is 2.95. The maximum absolute atomic E-state index is 12.5. The number of ether oxygens (including phenoxy) is 1. The standard InChI is InChI=1S/C14H17ClF3N3O2/c1-3-23-12(22)6-9(2)19-4-5-20-13-11(15)7-10(8-21-13)14(16,17)18/h7-8H,3-6H2,1-2H3,(H,20,21). The summed E-state index contributed by atoms with van der Waals surface area (Å²) in [6.45, 7) is 4.36. The van der Waals surface area contributed by atoms with E-state index in [0.29, 0.717) is 31.6 Å². The van der Waals surface area contributed by atoms with Crippen LogP contribution in [0.3, 0.4) is 0 Å². The Morgan fingerprint density at radius 2 is 2.17 bits per heavy atom. The molecule has 1 aromatic rings. The van der Waals surface area contributed by atoms with E-state index in [1.165, 1.54) is 0 Å². The number of aromatic nitrogens is 1. The van der Waals surface area contributed by atoms with E-state index >= 15 is 0 Å². The van der Waals surface area contributed by atoms with Gasteiger partial charge in [0.05, 0.1) is 30.2 Å². The van der Waals surface area contributed by atoms with Crippen molar-refractivity contribution in [2.75, 3.05) is 25.0 Å². The predicted octanol–water partition coefficient (Wildman–Crippen LogP) is 3.58. The van der Waals surface area contributed by atoms with Crippen LogP contribution in [-0.2, 0) is 15.7 Å². The zero-order valence-electron chi connectivity index (χ0n) is 12.7. The second-order valence-corrected chi connectivity index (χ2v) is 4.98. The molecule has 0 atom stereocenters. The number of halogens is 4. The molecule has 9 heteroatoms. The first-order valence-corrected chi connectivity index (χ1v) is 7.24. The Bertz CT molecular complexity index is 577. The fourth-order valence-electron chi connectivity index (χ4n) is 1.62. The van der Waals surface area contributed by atoms with Crippen molar-refractivity contribution < 1.29 is 22.7 Å². The lowest BCUT2D eigenvalue weighted by Gasteiger charge is -2.10.